The number of carbonyl (C=O) groups excluding carboxylic acids is 1. The molecule has 0 fully saturated rings. The van der Waals surface area contributed by atoms with Gasteiger partial charge in [-0.3, -0.25) is 4.79 Å². The molecule has 0 radical (unpaired) electrons. The van der Waals surface area contributed by atoms with Crippen LogP contribution in [0.2, 0.25) is 5.02 Å². The minimum absolute atomic E-state index is 0.0646. The Labute approximate surface area is 164 Å². The van der Waals surface area contributed by atoms with Crippen molar-refractivity contribution < 1.29 is 19.0 Å². The Hall–Kier alpha value is -2.40. The lowest BCUT2D eigenvalue weighted by Gasteiger charge is -2.14. The third-order valence-corrected chi connectivity index (χ3v) is 4.59. The summed E-state index contributed by atoms with van der Waals surface area (Å²) in [5.41, 5.74) is 2.92. The number of amides is 1. The molecule has 2 aromatic rings. The van der Waals surface area contributed by atoms with Crippen LogP contribution < -0.4 is 19.5 Å². The molecule has 5 nitrogen and oxygen atoms in total. The normalized spacial score (nSPS) is 15.0. The van der Waals surface area contributed by atoms with Gasteiger partial charge in [0.05, 0.1) is 6.61 Å². The molecule has 1 heterocycles. The predicted octanol–water partition coefficient (Wildman–Crippen LogP) is 4.07. The van der Waals surface area contributed by atoms with E-state index < -0.39 is 0 Å². The second-order valence-electron chi connectivity index (χ2n) is 6.61. The van der Waals surface area contributed by atoms with Gasteiger partial charge in [0.25, 0.3) is 5.91 Å². The van der Waals surface area contributed by atoms with Gasteiger partial charge in [-0.1, -0.05) is 11.6 Å². The third-order valence-electron chi connectivity index (χ3n) is 4.35. The van der Waals surface area contributed by atoms with Crippen LogP contribution in [0.4, 0.5) is 0 Å². The number of halogens is 1. The first-order chi connectivity index (χ1) is 13.0. The molecule has 27 heavy (non-hydrogen) atoms. The number of nitrogens with one attached hydrogen (secondary N) is 1. The minimum atomic E-state index is -0.207. The van der Waals surface area contributed by atoms with Gasteiger partial charge in [-0.15, -0.1) is 0 Å². The highest BCUT2D eigenvalue weighted by molar-refractivity contribution is 6.30. The van der Waals surface area contributed by atoms with E-state index in [1.54, 1.807) is 18.2 Å². The fraction of sp³-hybridized carbons (Fsp3) is 0.381. The van der Waals surface area contributed by atoms with E-state index in [4.69, 9.17) is 25.8 Å². The Morgan fingerprint density at radius 1 is 1.26 bits per heavy atom. The van der Waals surface area contributed by atoms with Crippen LogP contribution in [-0.4, -0.2) is 25.2 Å². The zero-order chi connectivity index (χ0) is 19.4. The summed E-state index contributed by atoms with van der Waals surface area (Å²) in [6, 6.07) is 9.26. The van der Waals surface area contributed by atoms with Crippen LogP contribution in [0.1, 0.15) is 30.5 Å². The molecule has 0 saturated carbocycles. The second-order valence-corrected chi connectivity index (χ2v) is 7.04. The van der Waals surface area contributed by atoms with Crippen molar-refractivity contribution in [2.24, 2.45) is 0 Å². The van der Waals surface area contributed by atoms with Gasteiger partial charge in [0.2, 0.25) is 0 Å². The lowest BCUT2D eigenvalue weighted by Crippen LogP contribution is -2.28. The summed E-state index contributed by atoms with van der Waals surface area (Å²) in [7, 11) is 0. The van der Waals surface area contributed by atoms with Crippen LogP contribution in [0.25, 0.3) is 0 Å². The molecule has 1 amide bonds. The van der Waals surface area contributed by atoms with Crippen LogP contribution in [0.5, 0.6) is 17.2 Å². The summed E-state index contributed by atoms with van der Waals surface area (Å²) in [6.07, 6.45) is 1.03. The summed E-state index contributed by atoms with van der Waals surface area (Å²) in [5, 5.41) is 3.52. The van der Waals surface area contributed by atoms with Crippen LogP contribution in [0, 0.1) is 6.92 Å². The molecule has 0 aliphatic carbocycles. The summed E-state index contributed by atoms with van der Waals surface area (Å²) < 4.78 is 17.1. The molecule has 144 valence electrons. The topological polar surface area (TPSA) is 56.8 Å². The van der Waals surface area contributed by atoms with Crippen LogP contribution in [-0.2, 0) is 17.8 Å². The summed E-state index contributed by atoms with van der Waals surface area (Å²) >= 11 is 5.93. The molecule has 3 rings (SSSR count). The van der Waals surface area contributed by atoms with E-state index in [1.165, 1.54) is 0 Å². The van der Waals surface area contributed by atoms with E-state index >= 15 is 0 Å². The van der Waals surface area contributed by atoms with Gasteiger partial charge in [0.1, 0.15) is 23.4 Å². The highest BCUT2D eigenvalue weighted by Crippen LogP contribution is 2.35. The van der Waals surface area contributed by atoms with E-state index in [2.05, 4.69) is 5.32 Å². The SMILES string of the molecule is CCOc1cc2c(cc1CNC(=O)COc1ccc(Cl)cc1C)O[C@@H](C)C2. The van der Waals surface area contributed by atoms with Crippen molar-refractivity contribution in [2.45, 2.75) is 39.8 Å². The quantitative estimate of drug-likeness (QED) is 0.775. The Morgan fingerprint density at radius 3 is 2.81 bits per heavy atom. The van der Waals surface area contributed by atoms with Gasteiger partial charge in [-0.25, -0.2) is 0 Å². The van der Waals surface area contributed by atoms with Gasteiger partial charge in [0.15, 0.2) is 6.61 Å². The van der Waals surface area contributed by atoms with E-state index in [1.807, 2.05) is 32.9 Å². The first kappa shape index (κ1) is 19.4. The van der Waals surface area contributed by atoms with Crippen molar-refractivity contribution in [3.05, 3.63) is 52.0 Å². The second kappa shape index (κ2) is 8.53. The van der Waals surface area contributed by atoms with Gasteiger partial charge in [0, 0.05) is 29.1 Å². The lowest BCUT2D eigenvalue weighted by molar-refractivity contribution is -0.123. The maximum absolute atomic E-state index is 12.2. The molecular formula is C21H24ClNO4. The molecule has 1 aliphatic rings. The molecule has 0 aromatic heterocycles. The monoisotopic (exact) mass is 389 g/mol. The number of hydrogen-bond acceptors (Lipinski definition) is 4. The molecule has 0 bridgehead atoms. The summed E-state index contributed by atoms with van der Waals surface area (Å²) in [6.45, 7) is 6.72. The Bertz CT molecular complexity index is 837. The number of aryl methyl sites for hydroxylation is 1. The van der Waals surface area contributed by atoms with Gasteiger partial charge < -0.3 is 19.5 Å². The van der Waals surface area contributed by atoms with Gasteiger partial charge in [-0.2, -0.15) is 0 Å². The Kier molecular flexibility index (Phi) is 6.11. The maximum Gasteiger partial charge on any atom is 0.258 e. The van der Waals surface area contributed by atoms with Crippen molar-refractivity contribution in [2.75, 3.05) is 13.2 Å². The fourth-order valence-corrected chi connectivity index (χ4v) is 3.30. The highest BCUT2D eigenvalue weighted by Gasteiger charge is 2.22. The maximum atomic E-state index is 12.2. The third kappa shape index (κ3) is 4.86. The minimum Gasteiger partial charge on any atom is -0.494 e. The van der Waals surface area contributed by atoms with Gasteiger partial charge in [-0.05, 0) is 56.7 Å². The van der Waals surface area contributed by atoms with Crippen LogP contribution in [0.15, 0.2) is 30.3 Å². The molecule has 1 aliphatic heterocycles. The molecule has 1 atom stereocenters. The van der Waals surface area contributed by atoms with Crippen molar-refractivity contribution in [3.63, 3.8) is 0 Å². The highest BCUT2D eigenvalue weighted by atomic mass is 35.5. The summed E-state index contributed by atoms with van der Waals surface area (Å²) in [5.74, 6) is 2.08. The number of rotatable bonds is 7. The standard InChI is InChI=1S/C21H24ClNO4/c1-4-25-19-9-15-8-14(3)27-20(15)10-16(19)11-23-21(24)12-26-18-6-5-17(22)7-13(18)2/h5-7,9-10,14H,4,8,11-12H2,1-3H3,(H,23,24)/t14-/m0/s1. The van der Waals surface area contributed by atoms with Crippen molar-refractivity contribution >= 4 is 17.5 Å². The molecule has 2 aromatic carbocycles. The number of hydrogen-bond donors (Lipinski definition) is 1. The zero-order valence-corrected chi connectivity index (χ0v) is 16.6. The number of fused-ring (bicyclic) bond motifs is 1. The van der Waals surface area contributed by atoms with Crippen LogP contribution in [0.3, 0.4) is 0 Å². The zero-order valence-electron chi connectivity index (χ0n) is 15.8. The molecule has 0 spiro atoms. The average molecular weight is 390 g/mol. The molecule has 1 N–H and O–H groups in total. The average Bonchev–Trinajstić information content (AvgIpc) is 2.98. The van der Waals surface area contributed by atoms with E-state index in [9.17, 15) is 4.79 Å². The molecule has 0 saturated heterocycles. The largest absolute Gasteiger partial charge is 0.494 e. The number of carbonyl (C=O) groups is 1. The molecule has 6 heteroatoms. The van der Waals surface area contributed by atoms with Crippen molar-refractivity contribution in [3.8, 4) is 17.2 Å². The van der Waals surface area contributed by atoms with E-state index in [0.717, 1.165) is 34.6 Å². The number of benzene rings is 2. The van der Waals surface area contributed by atoms with E-state index in [0.29, 0.717) is 23.9 Å². The molecular weight excluding hydrogens is 366 g/mol. The summed E-state index contributed by atoms with van der Waals surface area (Å²) in [4.78, 5) is 12.2. The number of ether oxygens (including phenoxy) is 3. The fourth-order valence-electron chi connectivity index (χ4n) is 3.07. The van der Waals surface area contributed by atoms with Gasteiger partial charge >= 0.3 is 0 Å². The smallest absolute Gasteiger partial charge is 0.258 e. The van der Waals surface area contributed by atoms with Crippen molar-refractivity contribution in [1.82, 2.24) is 5.32 Å². The molecule has 0 unspecified atom stereocenters. The predicted molar refractivity (Wildman–Crippen MR) is 105 cm³/mol. The Balaban J connectivity index is 1.60. The Morgan fingerprint density at radius 2 is 2.07 bits per heavy atom. The first-order valence-corrected chi connectivity index (χ1v) is 9.45. The van der Waals surface area contributed by atoms with E-state index in [-0.39, 0.29) is 18.6 Å². The lowest BCUT2D eigenvalue weighted by atomic mass is 10.1. The first-order valence-electron chi connectivity index (χ1n) is 9.07. The van der Waals surface area contributed by atoms with Crippen molar-refractivity contribution in [1.29, 1.82) is 0 Å². The van der Waals surface area contributed by atoms with Crippen LogP contribution >= 0.6 is 11.6 Å².